The quantitative estimate of drug-likeness (QED) is 0.810. The standard InChI is InChI=1S/C19H26N2O4/c1-24-16-7-4-15(5-8-16)6-9-18(22)21-10-2-3-17(21)19(23)20-11-13-25-14-12-20/h4-5,7-8,17H,2-3,6,9-14H2,1H3/t17-/m1/s1. The van der Waals surface area contributed by atoms with Crippen molar-refractivity contribution in [3.63, 3.8) is 0 Å². The zero-order chi connectivity index (χ0) is 17.6. The number of amides is 2. The lowest BCUT2D eigenvalue weighted by molar-refractivity contribution is -0.146. The highest BCUT2D eigenvalue weighted by molar-refractivity contribution is 5.88. The van der Waals surface area contributed by atoms with Crippen LogP contribution in [-0.2, 0) is 20.7 Å². The molecule has 2 aliphatic rings. The molecule has 0 aromatic heterocycles. The molecule has 25 heavy (non-hydrogen) atoms. The minimum atomic E-state index is -0.290. The molecule has 3 rings (SSSR count). The monoisotopic (exact) mass is 346 g/mol. The Morgan fingerprint density at radius 2 is 1.88 bits per heavy atom. The normalized spacial score (nSPS) is 20.6. The van der Waals surface area contributed by atoms with Crippen molar-refractivity contribution in [2.75, 3.05) is 40.0 Å². The molecule has 0 aliphatic carbocycles. The van der Waals surface area contributed by atoms with Gasteiger partial charge in [-0.3, -0.25) is 9.59 Å². The van der Waals surface area contributed by atoms with Gasteiger partial charge in [-0.15, -0.1) is 0 Å². The van der Waals surface area contributed by atoms with Crippen molar-refractivity contribution in [2.45, 2.75) is 31.7 Å². The Bertz CT molecular complexity index is 596. The summed E-state index contributed by atoms with van der Waals surface area (Å²) in [4.78, 5) is 29.0. The van der Waals surface area contributed by atoms with Gasteiger partial charge in [-0.05, 0) is 37.0 Å². The van der Waals surface area contributed by atoms with Crippen LogP contribution in [0, 0.1) is 0 Å². The number of carbonyl (C=O) groups is 2. The lowest BCUT2D eigenvalue weighted by Crippen LogP contribution is -2.51. The fraction of sp³-hybridized carbons (Fsp3) is 0.579. The second kappa shape index (κ2) is 8.34. The predicted octanol–water partition coefficient (Wildman–Crippen LogP) is 1.48. The Balaban J connectivity index is 1.55. The lowest BCUT2D eigenvalue weighted by atomic mass is 10.1. The lowest BCUT2D eigenvalue weighted by Gasteiger charge is -2.32. The van der Waals surface area contributed by atoms with Gasteiger partial charge in [0, 0.05) is 26.1 Å². The third kappa shape index (κ3) is 4.31. The molecule has 0 bridgehead atoms. The van der Waals surface area contributed by atoms with Crippen molar-refractivity contribution in [3.05, 3.63) is 29.8 Å². The predicted molar refractivity (Wildman–Crippen MR) is 93.4 cm³/mol. The first kappa shape index (κ1) is 17.7. The van der Waals surface area contributed by atoms with Gasteiger partial charge in [-0.1, -0.05) is 12.1 Å². The van der Waals surface area contributed by atoms with E-state index in [4.69, 9.17) is 9.47 Å². The summed E-state index contributed by atoms with van der Waals surface area (Å²) in [5, 5.41) is 0. The Kier molecular flexibility index (Phi) is 5.91. The van der Waals surface area contributed by atoms with E-state index in [9.17, 15) is 9.59 Å². The first-order chi connectivity index (χ1) is 12.2. The molecule has 2 fully saturated rings. The van der Waals surface area contributed by atoms with Gasteiger partial charge in [0.25, 0.3) is 0 Å². The van der Waals surface area contributed by atoms with Gasteiger partial charge in [-0.25, -0.2) is 0 Å². The van der Waals surface area contributed by atoms with Gasteiger partial charge >= 0.3 is 0 Å². The average Bonchev–Trinajstić information content (AvgIpc) is 3.16. The van der Waals surface area contributed by atoms with E-state index < -0.39 is 0 Å². The van der Waals surface area contributed by atoms with E-state index in [0.29, 0.717) is 45.7 Å². The van der Waals surface area contributed by atoms with Crippen LogP contribution in [0.15, 0.2) is 24.3 Å². The van der Waals surface area contributed by atoms with Crippen molar-refractivity contribution in [2.24, 2.45) is 0 Å². The largest absolute Gasteiger partial charge is 0.497 e. The van der Waals surface area contributed by atoms with Gasteiger partial charge in [0.15, 0.2) is 0 Å². The van der Waals surface area contributed by atoms with Crippen LogP contribution in [-0.4, -0.2) is 67.6 Å². The number of benzene rings is 1. The number of hydrogen-bond acceptors (Lipinski definition) is 4. The maximum atomic E-state index is 12.7. The summed E-state index contributed by atoms with van der Waals surface area (Å²) in [5.74, 6) is 0.962. The highest BCUT2D eigenvalue weighted by Gasteiger charge is 2.36. The molecule has 0 N–H and O–H groups in total. The molecule has 2 aliphatic heterocycles. The maximum absolute atomic E-state index is 12.7. The van der Waals surface area contributed by atoms with Gasteiger partial charge in [-0.2, -0.15) is 0 Å². The number of morpholine rings is 1. The number of methoxy groups -OCH3 is 1. The maximum Gasteiger partial charge on any atom is 0.245 e. The van der Waals surface area contributed by atoms with E-state index in [1.165, 1.54) is 0 Å². The third-order valence-electron chi connectivity index (χ3n) is 4.97. The molecule has 0 spiro atoms. The van der Waals surface area contributed by atoms with Gasteiger partial charge in [0.05, 0.1) is 20.3 Å². The average molecular weight is 346 g/mol. The van der Waals surface area contributed by atoms with Crippen LogP contribution in [0.5, 0.6) is 5.75 Å². The number of nitrogens with zero attached hydrogens (tertiary/aromatic N) is 2. The summed E-state index contributed by atoms with van der Waals surface area (Å²) in [6.45, 7) is 3.11. The molecule has 1 aromatic carbocycles. The fourth-order valence-electron chi connectivity index (χ4n) is 3.50. The molecule has 0 saturated carbocycles. The summed E-state index contributed by atoms with van der Waals surface area (Å²) < 4.78 is 10.5. The molecule has 6 nitrogen and oxygen atoms in total. The fourth-order valence-corrected chi connectivity index (χ4v) is 3.50. The van der Waals surface area contributed by atoms with Gasteiger partial charge in [0.2, 0.25) is 11.8 Å². The van der Waals surface area contributed by atoms with E-state index in [-0.39, 0.29) is 17.9 Å². The highest BCUT2D eigenvalue weighted by Crippen LogP contribution is 2.22. The van der Waals surface area contributed by atoms with E-state index in [0.717, 1.165) is 24.2 Å². The van der Waals surface area contributed by atoms with E-state index >= 15 is 0 Å². The molecule has 0 radical (unpaired) electrons. The molecule has 0 unspecified atom stereocenters. The first-order valence-electron chi connectivity index (χ1n) is 8.98. The second-order valence-electron chi connectivity index (χ2n) is 6.53. The minimum absolute atomic E-state index is 0.0694. The summed E-state index contributed by atoms with van der Waals surface area (Å²) in [5.41, 5.74) is 1.10. The molecule has 2 saturated heterocycles. The van der Waals surface area contributed by atoms with Crippen LogP contribution in [0.25, 0.3) is 0 Å². The number of carbonyl (C=O) groups excluding carboxylic acids is 2. The molecular weight excluding hydrogens is 320 g/mol. The van der Waals surface area contributed by atoms with Gasteiger partial charge < -0.3 is 19.3 Å². The zero-order valence-corrected chi connectivity index (χ0v) is 14.8. The minimum Gasteiger partial charge on any atom is -0.497 e. The topological polar surface area (TPSA) is 59.1 Å². The van der Waals surface area contributed by atoms with Crippen LogP contribution >= 0.6 is 0 Å². The number of rotatable bonds is 5. The van der Waals surface area contributed by atoms with Crippen molar-refractivity contribution in [1.29, 1.82) is 0 Å². The van der Waals surface area contributed by atoms with Crippen molar-refractivity contribution in [3.8, 4) is 5.75 Å². The molecule has 1 atom stereocenters. The van der Waals surface area contributed by atoms with E-state index in [2.05, 4.69) is 0 Å². The Hall–Kier alpha value is -2.08. The summed E-state index contributed by atoms with van der Waals surface area (Å²) in [7, 11) is 1.64. The Labute approximate surface area is 148 Å². The number of hydrogen-bond donors (Lipinski definition) is 0. The van der Waals surface area contributed by atoms with Crippen LogP contribution in [0.2, 0.25) is 0 Å². The van der Waals surface area contributed by atoms with Crippen LogP contribution in [0.4, 0.5) is 0 Å². The molecule has 6 heteroatoms. The number of ether oxygens (including phenoxy) is 2. The zero-order valence-electron chi connectivity index (χ0n) is 14.8. The highest BCUT2D eigenvalue weighted by atomic mass is 16.5. The Morgan fingerprint density at radius 3 is 2.56 bits per heavy atom. The van der Waals surface area contributed by atoms with Crippen molar-refractivity contribution < 1.29 is 19.1 Å². The van der Waals surface area contributed by atoms with Crippen LogP contribution < -0.4 is 4.74 Å². The summed E-state index contributed by atoms with van der Waals surface area (Å²) >= 11 is 0. The third-order valence-corrected chi connectivity index (χ3v) is 4.97. The van der Waals surface area contributed by atoms with Crippen molar-refractivity contribution >= 4 is 11.8 Å². The smallest absolute Gasteiger partial charge is 0.245 e. The molecule has 2 heterocycles. The van der Waals surface area contributed by atoms with Crippen LogP contribution in [0.3, 0.4) is 0 Å². The Morgan fingerprint density at radius 1 is 1.16 bits per heavy atom. The molecule has 1 aromatic rings. The van der Waals surface area contributed by atoms with Crippen molar-refractivity contribution in [1.82, 2.24) is 9.80 Å². The SMILES string of the molecule is COc1ccc(CCC(=O)N2CCC[C@@H]2C(=O)N2CCOCC2)cc1. The molecular formula is C19H26N2O4. The molecule has 136 valence electrons. The van der Waals surface area contributed by atoms with Crippen LogP contribution in [0.1, 0.15) is 24.8 Å². The number of likely N-dealkylation sites (tertiary alicyclic amines) is 1. The second-order valence-corrected chi connectivity index (χ2v) is 6.53. The molecule has 2 amide bonds. The first-order valence-corrected chi connectivity index (χ1v) is 8.98. The summed E-state index contributed by atoms with van der Waals surface area (Å²) in [6.07, 6.45) is 2.77. The summed E-state index contributed by atoms with van der Waals surface area (Å²) in [6, 6.07) is 7.47. The van der Waals surface area contributed by atoms with E-state index in [1.54, 1.807) is 12.0 Å². The number of aryl methyl sites for hydroxylation is 1. The van der Waals surface area contributed by atoms with Gasteiger partial charge in [0.1, 0.15) is 11.8 Å². The van der Waals surface area contributed by atoms with E-state index in [1.807, 2.05) is 29.2 Å².